The maximum Gasteiger partial charge on any atom is 0.241 e. The highest BCUT2D eigenvalue weighted by atomic mass is 32.1. The van der Waals surface area contributed by atoms with Crippen LogP contribution >= 0.6 is 11.3 Å². The van der Waals surface area contributed by atoms with Gasteiger partial charge in [0.05, 0.1) is 23.8 Å². The van der Waals surface area contributed by atoms with Crippen LogP contribution in [0.15, 0.2) is 40.1 Å². The lowest BCUT2D eigenvalue weighted by Crippen LogP contribution is -2.42. The van der Waals surface area contributed by atoms with E-state index in [1.807, 2.05) is 30.9 Å². The minimum absolute atomic E-state index is 0.137. The molecule has 1 amide bonds. The molecule has 5 nitrogen and oxygen atoms in total. The summed E-state index contributed by atoms with van der Waals surface area (Å²) in [5.41, 5.74) is 4.39. The first-order chi connectivity index (χ1) is 13.9. The largest absolute Gasteiger partial charge is 0.465 e. The summed E-state index contributed by atoms with van der Waals surface area (Å²) in [4.78, 5) is 21.8. The molecule has 2 aromatic heterocycles. The zero-order chi connectivity index (χ0) is 20.5. The Balaban J connectivity index is 1.48. The smallest absolute Gasteiger partial charge is 0.241 e. The lowest BCUT2D eigenvalue weighted by atomic mass is 10.1. The Morgan fingerprint density at radius 2 is 2.10 bits per heavy atom. The summed E-state index contributed by atoms with van der Waals surface area (Å²) in [5, 5.41) is 3.16. The van der Waals surface area contributed by atoms with Crippen molar-refractivity contribution in [3.8, 4) is 11.3 Å². The second kappa shape index (κ2) is 8.13. The number of furan rings is 1. The Morgan fingerprint density at radius 1 is 1.28 bits per heavy atom. The van der Waals surface area contributed by atoms with Crippen molar-refractivity contribution >= 4 is 22.9 Å². The third-order valence-corrected chi connectivity index (χ3v) is 6.19. The van der Waals surface area contributed by atoms with Crippen LogP contribution in [-0.4, -0.2) is 34.9 Å². The van der Waals surface area contributed by atoms with E-state index in [9.17, 15) is 4.79 Å². The molecular weight excluding hydrogens is 382 g/mol. The van der Waals surface area contributed by atoms with Gasteiger partial charge in [0.1, 0.15) is 11.5 Å². The van der Waals surface area contributed by atoms with E-state index in [-0.39, 0.29) is 11.9 Å². The Labute approximate surface area is 176 Å². The number of benzene rings is 1. The van der Waals surface area contributed by atoms with Gasteiger partial charge in [-0.3, -0.25) is 9.69 Å². The summed E-state index contributed by atoms with van der Waals surface area (Å²) in [6, 6.07) is 10.5. The quantitative estimate of drug-likeness (QED) is 0.586. The first kappa shape index (κ1) is 19.9. The van der Waals surface area contributed by atoms with Crippen LogP contribution in [-0.2, 0) is 17.8 Å². The molecule has 0 spiro atoms. The van der Waals surface area contributed by atoms with Crippen LogP contribution in [0.1, 0.15) is 35.9 Å². The van der Waals surface area contributed by atoms with Gasteiger partial charge in [-0.05, 0) is 63.9 Å². The van der Waals surface area contributed by atoms with E-state index >= 15 is 0 Å². The van der Waals surface area contributed by atoms with Crippen LogP contribution in [0.5, 0.6) is 0 Å². The Morgan fingerprint density at radius 3 is 2.76 bits per heavy atom. The number of thiazole rings is 1. The zero-order valence-corrected chi connectivity index (χ0v) is 18.3. The minimum Gasteiger partial charge on any atom is -0.465 e. The summed E-state index contributed by atoms with van der Waals surface area (Å²) in [6.45, 7) is 9.94. The van der Waals surface area contributed by atoms with Crippen LogP contribution < -0.4 is 4.90 Å². The van der Waals surface area contributed by atoms with Gasteiger partial charge in [-0.2, -0.15) is 0 Å². The SMILES string of the molecule is Cc1ccc(CN(CC(=O)N2CCc3cc(-c4csc(C)n4)ccc32)C(C)C)o1. The second-order valence-electron chi connectivity index (χ2n) is 7.90. The van der Waals surface area contributed by atoms with Crippen molar-refractivity contribution in [2.24, 2.45) is 0 Å². The van der Waals surface area contributed by atoms with Crippen LogP contribution in [0, 0.1) is 13.8 Å². The van der Waals surface area contributed by atoms with Crippen molar-refractivity contribution in [2.75, 3.05) is 18.0 Å². The number of anilines is 1. The summed E-state index contributed by atoms with van der Waals surface area (Å²) in [7, 11) is 0. The molecule has 1 aliphatic rings. The Bertz CT molecular complexity index is 1020. The molecule has 6 heteroatoms. The number of aromatic nitrogens is 1. The number of carbonyl (C=O) groups is 1. The molecule has 0 aliphatic carbocycles. The van der Waals surface area contributed by atoms with Gasteiger partial charge in [0.2, 0.25) is 5.91 Å². The van der Waals surface area contributed by atoms with Crippen molar-refractivity contribution in [3.05, 3.63) is 57.8 Å². The summed E-state index contributed by atoms with van der Waals surface area (Å²) < 4.78 is 5.71. The van der Waals surface area contributed by atoms with Gasteiger partial charge in [-0.15, -0.1) is 11.3 Å². The average molecular weight is 410 g/mol. The Hall–Kier alpha value is -2.44. The monoisotopic (exact) mass is 409 g/mol. The summed E-state index contributed by atoms with van der Waals surface area (Å²) >= 11 is 1.66. The van der Waals surface area contributed by atoms with E-state index in [4.69, 9.17) is 4.42 Å². The number of nitrogens with zero attached hydrogens (tertiary/aromatic N) is 3. The number of amides is 1. The normalized spacial score (nSPS) is 13.5. The van der Waals surface area contributed by atoms with Gasteiger partial charge in [-0.25, -0.2) is 4.98 Å². The average Bonchev–Trinajstić information content (AvgIpc) is 3.40. The van der Waals surface area contributed by atoms with Gasteiger partial charge >= 0.3 is 0 Å². The van der Waals surface area contributed by atoms with Crippen molar-refractivity contribution in [3.63, 3.8) is 0 Å². The summed E-state index contributed by atoms with van der Waals surface area (Å²) in [5.74, 6) is 1.93. The highest BCUT2D eigenvalue weighted by Gasteiger charge is 2.27. The molecule has 0 fully saturated rings. The molecule has 0 unspecified atom stereocenters. The lowest BCUT2D eigenvalue weighted by Gasteiger charge is -2.27. The highest BCUT2D eigenvalue weighted by Crippen LogP contribution is 2.33. The van der Waals surface area contributed by atoms with Crippen LogP contribution in [0.3, 0.4) is 0 Å². The van der Waals surface area contributed by atoms with Crippen LogP contribution in [0.25, 0.3) is 11.3 Å². The van der Waals surface area contributed by atoms with Crippen molar-refractivity contribution in [1.82, 2.24) is 9.88 Å². The van der Waals surface area contributed by atoms with Crippen molar-refractivity contribution in [1.29, 1.82) is 0 Å². The number of rotatable bonds is 6. The fourth-order valence-corrected chi connectivity index (χ4v) is 4.39. The maximum absolute atomic E-state index is 13.1. The van der Waals surface area contributed by atoms with Crippen molar-refractivity contribution in [2.45, 2.75) is 46.7 Å². The van der Waals surface area contributed by atoms with Gasteiger partial charge in [0.25, 0.3) is 0 Å². The van der Waals surface area contributed by atoms with E-state index in [1.54, 1.807) is 11.3 Å². The summed E-state index contributed by atoms with van der Waals surface area (Å²) in [6.07, 6.45) is 0.886. The number of hydrogen-bond donors (Lipinski definition) is 0. The molecular formula is C23H27N3O2S. The predicted octanol–water partition coefficient (Wildman–Crippen LogP) is 4.82. The molecule has 3 heterocycles. The second-order valence-corrected chi connectivity index (χ2v) is 8.96. The van der Waals surface area contributed by atoms with Gasteiger partial charge < -0.3 is 9.32 Å². The fraction of sp³-hybridized carbons (Fsp3) is 0.391. The molecule has 3 aromatic rings. The number of aryl methyl sites for hydroxylation is 2. The molecule has 0 saturated heterocycles. The first-order valence-electron chi connectivity index (χ1n) is 10.1. The van der Waals surface area contributed by atoms with E-state index in [0.29, 0.717) is 13.1 Å². The van der Waals surface area contributed by atoms with Crippen molar-refractivity contribution < 1.29 is 9.21 Å². The molecule has 29 heavy (non-hydrogen) atoms. The molecule has 0 N–H and O–H groups in total. The number of carbonyl (C=O) groups excluding carboxylic acids is 1. The number of fused-ring (bicyclic) bond motifs is 1. The van der Waals surface area contributed by atoms with Gasteiger partial charge in [0, 0.05) is 29.2 Å². The molecule has 1 aromatic carbocycles. The fourth-order valence-electron chi connectivity index (χ4n) is 3.77. The molecule has 0 atom stereocenters. The lowest BCUT2D eigenvalue weighted by molar-refractivity contribution is -0.120. The van der Waals surface area contributed by atoms with Gasteiger partial charge in [0.15, 0.2) is 0 Å². The molecule has 1 aliphatic heterocycles. The zero-order valence-electron chi connectivity index (χ0n) is 17.4. The first-order valence-corrected chi connectivity index (χ1v) is 10.9. The standard InChI is InChI=1S/C23H27N3O2S/c1-15(2)25(12-20-7-5-16(3)28-20)13-23(27)26-10-9-19-11-18(6-8-22(19)26)21-14-29-17(4)24-21/h5-8,11,14-15H,9-10,12-13H2,1-4H3. The maximum atomic E-state index is 13.1. The molecule has 0 radical (unpaired) electrons. The van der Waals surface area contributed by atoms with E-state index in [2.05, 4.69) is 47.3 Å². The topological polar surface area (TPSA) is 49.6 Å². The van der Waals surface area contributed by atoms with E-state index < -0.39 is 0 Å². The van der Waals surface area contributed by atoms with E-state index in [0.717, 1.165) is 46.4 Å². The predicted molar refractivity (Wildman–Crippen MR) is 117 cm³/mol. The van der Waals surface area contributed by atoms with Crippen LogP contribution in [0.2, 0.25) is 0 Å². The molecule has 0 saturated carbocycles. The molecule has 152 valence electrons. The number of hydrogen-bond acceptors (Lipinski definition) is 5. The third-order valence-electron chi connectivity index (χ3n) is 5.41. The van der Waals surface area contributed by atoms with E-state index in [1.165, 1.54) is 5.56 Å². The minimum atomic E-state index is 0.137. The van der Waals surface area contributed by atoms with Gasteiger partial charge in [-0.1, -0.05) is 6.07 Å². The molecule has 0 bridgehead atoms. The highest BCUT2D eigenvalue weighted by molar-refractivity contribution is 7.09. The molecule has 4 rings (SSSR count). The Kier molecular flexibility index (Phi) is 5.56. The van der Waals surface area contributed by atoms with Crippen LogP contribution in [0.4, 0.5) is 5.69 Å². The third kappa shape index (κ3) is 4.28.